The van der Waals surface area contributed by atoms with Crippen molar-refractivity contribution >= 4 is 52.2 Å². The summed E-state index contributed by atoms with van der Waals surface area (Å²) in [6.07, 6.45) is 4.63. The number of piperidine rings is 1. The molecule has 0 bridgehead atoms. The Labute approximate surface area is 206 Å². The lowest BCUT2D eigenvalue weighted by atomic mass is 10.1. The Bertz CT molecular complexity index is 794. The van der Waals surface area contributed by atoms with Crippen LogP contribution in [0.5, 0.6) is 0 Å². The average molecular weight is 557 g/mol. The van der Waals surface area contributed by atoms with E-state index in [0.717, 1.165) is 50.6 Å². The van der Waals surface area contributed by atoms with Gasteiger partial charge >= 0.3 is 0 Å². The largest absolute Gasteiger partial charge is 0.363 e. The summed E-state index contributed by atoms with van der Waals surface area (Å²) in [5.41, 5.74) is 0.990. The monoisotopic (exact) mass is 556 g/mol. The van der Waals surface area contributed by atoms with Crippen molar-refractivity contribution < 1.29 is 4.79 Å². The van der Waals surface area contributed by atoms with Gasteiger partial charge in [0, 0.05) is 57.6 Å². The van der Waals surface area contributed by atoms with Crippen LogP contribution >= 0.6 is 35.3 Å². The topological polar surface area (TPSA) is 72.9 Å². The second-order valence-electron chi connectivity index (χ2n) is 7.44. The number of nitrogens with zero attached hydrogens (tertiary/aromatic N) is 4. The molecule has 31 heavy (non-hydrogen) atoms. The number of halogens is 1. The van der Waals surface area contributed by atoms with Crippen LogP contribution in [0.2, 0.25) is 0 Å². The fraction of sp³-hybridized carbons (Fsp3) is 0.500. The van der Waals surface area contributed by atoms with Gasteiger partial charge in [0.05, 0.1) is 5.00 Å². The van der Waals surface area contributed by atoms with Crippen LogP contribution in [0.1, 0.15) is 25.5 Å². The van der Waals surface area contributed by atoms with Gasteiger partial charge < -0.3 is 20.4 Å². The van der Waals surface area contributed by atoms with Gasteiger partial charge in [-0.1, -0.05) is 6.07 Å². The molecule has 9 heteroatoms. The number of likely N-dealkylation sites (N-methyl/N-ethyl adjacent to an activating group) is 1. The molecule has 0 unspecified atom stereocenters. The number of carbonyl (C=O) groups is 1. The van der Waals surface area contributed by atoms with Gasteiger partial charge in [-0.25, -0.2) is 4.99 Å². The van der Waals surface area contributed by atoms with Crippen molar-refractivity contribution in [1.29, 1.82) is 0 Å². The van der Waals surface area contributed by atoms with Gasteiger partial charge in [-0.2, -0.15) is 0 Å². The van der Waals surface area contributed by atoms with Crippen molar-refractivity contribution in [2.24, 2.45) is 4.99 Å². The molecule has 3 rings (SSSR count). The highest BCUT2D eigenvalue weighted by atomic mass is 127. The molecule has 2 aromatic heterocycles. The van der Waals surface area contributed by atoms with Gasteiger partial charge in [-0.05, 0) is 49.4 Å². The highest BCUT2D eigenvalue weighted by molar-refractivity contribution is 14.0. The van der Waals surface area contributed by atoms with Crippen molar-refractivity contribution in [1.82, 2.24) is 20.5 Å². The Balaban J connectivity index is 0.00000341. The van der Waals surface area contributed by atoms with E-state index in [-0.39, 0.29) is 36.4 Å². The summed E-state index contributed by atoms with van der Waals surface area (Å²) >= 11 is 1.79. The lowest BCUT2D eigenvalue weighted by Crippen LogP contribution is -2.49. The molecule has 0 atom stereocenters. The molecule has 0 aliphatic carbocycles. The molecule has 2 aromatic rings. The van der Waals surface area contributed by atoms with E-state index in [4.69, 9.17) is 0 Å². The third-order valence-corrected chi connectivity index (χ3v) is 6.15. The van der Waals surface area contributed by atoms with Crippen molar-refractivity contribution in [2.75, 3.05) is 44.7 Å². The Hall–Kier alpha value is -1.88. The van der Waals surface area contributed by atoms with Crippen LogP contribution in [0.25, 0.3) is 0 Å². The molecule has 1 saturated heterocycles. The van der Waals surface area contributed by atoms with Crippen molar-refractivity contribution in [3.63, 3.8) is 0 Å². The molecule has 2 N–H and O–H groups in total. The number of hydrogen-bond donors (Lipinski definition) is 2. The molecule has 7 nitrogen and oxygen atoms in total. The average Bonchev–Trinajstić information content (AvgIpc) is 3.32. The normalized spacial score (nSPS) is 14.6. The molecule has 0 aromatic carbocycles. The smallest absolute Gasteiger partial charge is 0.244 e. The number of nitrogens with one attached hydrogen (secondary N) is 2. The zero-order valence-electron chi connectivity index (χ0n) is 18.3. The van der Waals surface area contributed by atoms with Crippen LogP contribution in [0.4, 0.5) is 5.00 Å². The number of rotatable bonds is 8. The molecule has 0 saturated carbocycles. The van der Waals surface area contributed by atoms with E-state index in [2.05, 4.69) is 43.0 Å². The van der Waals surface area contributed by atoms with Crippen LogP contribution in [-0.4, -0.2) is 67.6 Å². The minimum absolute atomic E-state index is 0. The van der Waals surface area contributed by atoms with Gasteiger partial charge in [0.2, 0.25) is 5.91 Å². The fourth-order valence-corrected chi connectivity index (χ4v) is 4.21. The van der Waals surface area contributed by atoms with Gasteiger partial charge in [0.1, 0.15) is 6.54 Å². The van der Waals surface area contributed by atoms with Gasteiger partial charge in [0.15, 0.2) is 5.96 Å². The predicted molar refractivity (Wildman–Crippen MR) is 140 cm³/mol. The van der Waals surface area contributed by atoms with Gasteiger partial charge in [-0.3, -0.25) is 9.78 Å². The lowest BCUT2D eigenvalue weighted by molar-refractivity contribution is -0.128. The molecular formula is C22H33IN6OS. The second kappa shape index (κ2) is 13.5. The Morgan fingerprint density at radius 2 is 2.10 bits per heavy atom. The molecule has 0 radical (unpaired) electrons. The third kappa shape index (κ3) is 8.29. The van der Waals surface area contributed by atoms with E-state index in [1.165, 1.54) is 5.00 Å². The molecule has 1 fully saturated rings. The minimum atomic E-state index is 0. The molecule has 1 aliphatic heterocycles. The predicted octanol–water partition coefficient (Wildman–Crippen LogP) is 2.99. The summed E-state index contributed by atoms with van der Waals surface area (Å²) in [4.78, 5) is 25.5. The fourth-order valence-electron chi connectivity index (χ4n) is 3.43. The highest BCUT2D eigenvalue weighted by Gasteiger charge is 2.21. The number of carbonyl (C=O) groups excluding carboxylic acids is 1. The Morgan fingerprint density at radius 1 is 1.29 bits per heavy atom. The first-order valence-corrected chi connectivity index (χ1v) is 11.5. The quantitative estimate of drug-likeness (QED) is 0.297. The van der Waals surface area contributed by atoms with E-state index in [1.807, 2.05) is 32.2 Å². The zero-order chi connectivity index (χ0) is 21.2. The van der Waals surface area contributed by atoms with E-state index >= 15 is 0 Å². The van der Waals surface area contributed by atoms with Gasteiger partial charge in [0.25, 0.3) is 0 Å². The molecule has 1 amide bonds. The Kier molecular flexibility index (Phi) is 11.1. The van der Waals surface area contributed by atoms with Crippen LogP contribution in [0.3, 0.4) is 0 Å². The maximum Gasteiger partial charge on any atom is 0.244 e. The molecule has 170 valence electrons. The van der Waals surface area contributed by atoms with Crippen LogP contribution < -0.4 is 15.5 Å². The summed E-state index contributed by atoms with van der Waals surface area (Å²) < 4.78 is 0. The maximum absolute atomic E-state index is 12.5. The number of aliphatic imine (C=N–C) groups is 1. The van der Waals surface area contributed by atoms with Crippen LogP contribution in [-0.2, 0) is 11.2 Å². The summed E-state index contributed by atoms with van der Waals surface area (Å²) in [6.45, 7) is 5.65. The zero-order valence-corrected chi connectivity index (χ0v) is 21.4. The highest BCUT2D eigenvalue weighted by Crippen LogP contribution is 2.24. The van der Waals surface area contributed by atoms with E-state index < -0.39 is 0 Å². The molecule has 1 aliphatic rings. The maximum atomic E-state index is 12.5. The summed E-state index contributed by atoms with van der Waals surface area (Å²) in [5.74, 6) is 0.731. The van der Waals surface area contributed by atoms with E-state index in [9.17, 15) is 4.79 Å². The first-order chi connectivity index (χ1) is 14.7. The summed E-state index contributed by atoms with van der Waals surface area (Å²) in [6, 6.07) is 10.5. The first-order valence-electron chi connectivity index (χ1n) is 10.6. The molecule has 0 spiro atoms. The number of hydrogen-bond acceptors (Lipinski definition) is 5. The van der Waals surface area contributed by atoms with Crippen LogP contribution in [0, 0.1) is 0 Å². The number of pyridine rings is 1. The number of thiophene rings is 1. The van der Waals surface area contributed by atoms with E-state index in [0.29, 0.717) is 12.6 Å². The number of aromatic nitrogens is 1. The van der Waals surface area contributed by atoms with Gasteiger partial charge in [-0.15, -0.1) is 35.3 Å². The standard InChI is InChI=1S/C22H32N6OS.HI/c1-3-23-22(26-19-10-14-28(15-11-19)21-8-6-16-30-21)25-17-20(29)27(2)13-9-18-7-4-5-12-24-18;/h4-8,12,16,19H,3,9-11,13-15,17H2,1-2H3,(H2,23,25,26);1H. The van der Waals surface area contributed by atoms with Crippen molar-refractivity contribution in [3.8, 4) is 0 Å². The second-order valence-corrected chi connectivity index (χ2v) is 8.36. The summed E-state index contributed by atoms with van der Waals surface area (Å²) in [7, 11) is 1.82. The molecular weight excluding hydrogens is 523 g/mol. The first kappa shape index (κ1) is 25.4. The minimum Gasteiger partial charge on any atom is -0.363 e. The third-order valence-electron chi connectivity index (χ3n) is 5.23. The van der Waals surface area contributed by atoms with Crippen LogP contribution in [0.15, 0.2) is 46.9 Å². The molecule has 3 heterocycles. The van der Waals surface area contributed by atoms with Crippen molar-refractivity contribution in [2.45, 2.75) is 32.2 Å². The van der Waals surface area contributed by atoms with Crippen molar-refractivity contribution in [3.05, 3.63) is 47.6 Å². The number of guanidine groups is 1. The number of anilines is 1. The summed E-state index contributed by atoms with van der Waals surface area (Å²) in [5, 5.41) is 10.2. The van der Waals surface area contributed by atoms with E-state index in [1.54, 1.807) is 22.4 Å². The lowest BCUT2D eigenvalue weighted by Gasteiger charge is -2.33. The number of amides is 1. The SMILES string of the molecule is CCNC(=NCC(=O)N(C)CCc1ccccn1)NC1CCN(c2cccs2)CC1.I. The Morgan fingerprint density at radius 3 is 2.74 bits per heavy atom.